The van der Waals surface area contributed by atoms with E-state index in [0.717, 1.165) is 23.9 Å². The molecule has 1 heterocycles. The van der Waals surface area contributed by atoms with Crippen molar-refractivity contribution in [1.29, 1.82) is 0 Å². The molecule has 0 bridgehead atoms. The Morgan fingerprint density at radius 1 is 1.03 bits per heavy atom. The summed E-state index contributed by atoms with van der Waals surface area (Å²) in [7, 11) is 0. The Morgan fingerprint density at radius 3 is 2.62 bits per heavy atom. The lowest BCUT2D eigenvalue weighted by Crippen LogP contribution is -2.33. The molecule has 2 aromatic carbocycles. The number of H-pyrrole nitrogens is 1. The Morgan fingerprint density at radius 2 is 1.79 bits per heavy atom. The number of rotatable bonds is 5. The minimum Gasteiger partial charge on any atom is -0.454 e. The van der Waals surface area contributed by atoms with E-state index < -0.39 is 36.1 Å². The molecule has 29 heavy (non-hydrogen) atoms. The van der Waals surface area contributed by atoms with Crippen LogP contribution in [0.25, 0.3) is 10.8 Å². The lowest BCUT2D eigenvalue weighted by Gasteiger charge is -2.09. The third-order valence-electron chi connectivity index (χ3n) is 4.92. The summed E-state index contributed by atoms with van der Waals surface area (Å²) in [5.41, 5.74) is 2.17. The smallest absolute Gasteiger partial charge is 0.328 e. The van der Waals surface area contributed by atoms with E-state index in [9.17, 15) is 19.2 Å². The molecule has 2 N–H and O–H groups in total. The van der Waals surface area contributed by atoms with Crippen LogP contribution in [-0.4, -0.2) is 28.3 Å². The van der Waals surface area contributed by atoms with Gasteiger partial charge in [-0.05, 0) is 54.7 Å². The Labute approximate surface area is 165 Å². The molecule has 0 unspecified atom stereocenters. The Kier molecular flexibility index (Phi) is 4.99. The number of hydrogen-bond acceptors (Lipinski definition) is 5. The fourth-order valence-electron chi connectivity index (χ4n) is 3.53. The summed E-state index contributed by atoms with van der Waals surface area (Å²) in [6.45, 7) is -0.979. The molecule has 0 fully saturated rings. The number of benzene rings is 2. The van der Waals surface area contributed by atoms with Crippen LogP contribution in [0, 0.1) is 0 Å². The van der Waals surface area contributed by atoms with Crippen LogP contribution in [0.3, 0.4) is 0 Å². The second-order valence-corrected chi connectivity index (χ2v) is 6.92. The maximum Gasteiger partial charge on any atom is 0.328 e. The molecule has 3 aromatic rings. The van der Waals surface area contributed by atoms with E-state index >= 15 is 0 Å². The van der Waals surface area contributed by atoms with E-state index in [1.54, 1.807) is 12.1 Å². The van der Waals surface area contributed by atoms with Gasteiger partial charge in [0.15, 0.2) is 6.61 Å². The molecule has 0 spiro atoms. The van der Waals surface area contributed by atoms with Gasteiger partial charge in [-0.3, -0.25) is 24.3 Å². The summed E-state index contributed by atoms with van der Waals surface area (Å²) >= 11 is 0. The van der Waals surface area contributed by atoms with Crippen molar-refractivity contribution >= 4 is 28.3 Å². The van der Waals surface area contributed by atoms with Gasteiger partial charge in [0.1, 0.15) is 6.54 Å². The molecule has 1 aliphatic rings. The normalized spacial score (nSPS) is 12.6. The number of nitrogens with zero attached hydrogens (tertiary/aromatic N) is 1. The van der Waals surface area contributed by atoms with Gasteiger partial charge in [0.2, 0.25) is 0 Å². The largest absolute Gasteiger partial charge is 0.454 e. The first-order valence-corrected chi connectivity index (χ1v) is 9.30. The van der Waals surface area contributed by atoms with Crippen LogP contribution >= 0.6 is 0 Å². The van der Waals surface area contributed by atoms with Crippen LogP contribution in [0.2, 0.25) is 0 Å². The molecule has 148 valence electrons. The number of amides is 1. The van der Waals surface area contributed by atoms with Crippen molar-refractivity contribution in [3.63, 3.8) is 0 Å². The summed E-state index contributed by atoms with van der Waals surface area (Å²) < 4.78 is 5.83. The second-order valence-electron chi connectivity index (χ2n) is 6.92. The van der Waals surface area contributed by atoms with Gasteiger partial charge in [-0.15, -0.1) is 0 Å². The van der Waals surface area contributed by atoms with Gasteiger partial charge in [-0.2, -0.15) is 0 Å². The van der Waals surface area contributed by atoms with Gasteiger partial charge >= 0.3 is 5.97 Å². The summed E-state index contributed by atoms with van der Waals surface area (Å²) in [6, 6.07) is 12.1. The number of aromatic amines is 1. The first-order valence-electron chi connectivity index (χ1n) is 9.30. The van der Waals surface area contributed by atoms with Crippen molar-refractivity contribution < 1.29 is 14.3 Å². The maximum absolute atomic E-state index is 12.4. The van der Waals surface area contributed by atoms with Crippen molar-refractivity contribution in [3.8, 4) is 0 Å². The summed E-state index contributed by atoms with van der Waals surface area (Å²) in [5.74, 6) is -1.28. The topological polar surface area (TPSA) is 110 Å². The molecular weight excluding hydrogens is 374 g/mol. The SMILES string of the molecule is O=C(COC(=O)Cn1[nH]c(=O)c2ccccc2c1=O)Nc1ccc2c(c1)CCC2. The summed E-state index contributed by atoms with van der Waals surface area (Å²) in [6.07, 6.45) is 3.16. The van der Waals surface area contributed by atoms with Crippen molar-refractivity contribution in [1.82, 2.24) is 9.78 Å². The van der Waals surface area contributed by atoms with Crippen LogP contribution in [0.1, 0.15) is 17.5 Å². The number of hydrogen-bond donors (Lipinski definition) is 2. The van der Waals surface area contributed by atoms with Gasteiger partial charge in [0, 0.05) is 5.69 Å². The van der Waals surface area contributed by atoms with E-state index in [1.165, 1.54) is 23.3 Å². The van der Waals surface area contributed by atoms with Crippen molar-refractivity contribution in [2.45, 2.75) is 25.8 Å². The number of carbonyl (C=O) groups is 2. The van der Waals surface area contributed by atoms with Crippen LogP contribution in [0.15, 0.2) is 52.1 Å². The van der Waals surface area contributed by atoms with E-state index in [4.69, 9.17) is 4.74 Å². The van der Waals surface area contributed by atoms with Crippen LogP contribution in [0.4, 0.5) is 5.69 Å². The molecule has 0 aliphatic heterocycles. The predicted molar refractivity (Wildman–Crippen MR) is 107 cm³/mol. The molecule has 1 amide bonds. The fraction of sp³-hybridized carbons (Fsp3) is 0.238. The zero-order valence-electron chi connectivity index (χ0n) is 15.6. The molecule has 4 rings (SSSR count). The second kappa shape index (κ2) is 7.75. The highest BCUT2D eigenvalue weighted by Gasteiger charge is 2.14. The average molecular weight is 393 g/mol. The minimum absolute atomic E-state index is 0.207. The third-order valence-corrected chi connectivity index (χ3v) is 4.92. The highest BCUT2D eigenvalue weighted by molar-refractivity contribution is 5.93. The van der Waals surface area contributed by atoms with E-state index in [2.05, 4.69) is 10.4 Å². The Balaban J connectivity index is 1.37. The lowest BCUT2D eigenvalue weighted by atomic mass is 10.1. The molecule has 1 aliphatic carbocycles. The maximum atomic E-state index is 12.4. The fourth-order valence-corrected chi connectivity index (χ4v) is 3.53. The standard InChI is InChI=1S/C21H19N3O5/c25-18(22-15-9-8-13-4-3-5-14(13)10-15)12-29-19(26)11-24-21(28)17-7-2-1-6-16(17)20(27)23-24/h1-2,6-10H,3-5,11-12H2,(H,22,25)(H,23,27). The first-order chi connectivity index (χ1) is 14.0. The van der Waals surface area contributed by atoms with E-state index in [1.807, 2.05) is 18.2 Å². The molecule has 0 saturated heterocycles. The lowest BCUT2D eigenvalue weighted by molar-refractivity contribution is -0.148. The van der Waals surface area contributed by atoms with Gasteiger partial charge in [-0.25, -0.2) is 4.68 Å². The van der Waals surface area contributed by atoms with Crippen LogP contribution in [0.5, 0.6) is 0 Å². The number of carbonyl (C=O) groups excluding carboxylic acids is 2. The molecule has 0 radical (unpaired) electrons. The zero-order valence-corrected chi connectivity index (χ0v) is 15.6. The molecular formula is C21H19N3O5. The quantitative estimate of drug-likeness (QED) is 0.636. The molecule has 8 nitrogen and oxygen atoms in total. The first kappa shape index (κ1) is 18.7. The Hall–Kier alpha value is -3.68. The number of nitrogens with one attached hydrogen (secondary N) is 2. The monoisotopic (exact) mass is 393 g/mol. The number of aromatic nitrogens is 2. The molecule has 1 aromatic heterocycles. The summed E-state index contributed by atoms with van der Waals surface area (Å²) in [4.78, 5) is 48.5. The highest BCUT2D eigenvalue weighted by atomic mass is 16.5. The predicted octanol–water partition coefficient (Wildman–Crippen LogP) is 1.36. The van der Waals surface area contributed by atoms with E-state index in [0.29, 0.717) is 5.69 Å². The van der Waals surface area contributed by atoms with Crippen molar-refractivity contribution in [3.05, 3.63) is 74.3 Å². The number of aryl methyl sites for hydroxylation is 2. The Bertz CT molecular complexity index is 1220. The highest BCUT2D eigenvalue weighted by Crippen LogP contribution is 2.24. The average Bonchev–Trinajstić information content (AvgIpc) is 3.18. The van der Waals surface area contributed by atoms with E-state index in [-0.39, 0.29) is 10.8 Å². The summed E-state index contributed by atoms with van der Waals surface area (Å²) in [5, 5.41) is 5.49. The molecule has 0 saturated carbocycles. The molecule has 8 heteroatoms. The van der Waals surface area contributed by atoms with Crippen LogP contribution < -0.4 is 16.4 Å². The number of ether oxygens (including phenoxy) is 1. The van der Waals surface area contributed by atoms with Gasteiger partial charge in [-0.1, -0.05) is 18.2 Å². The molecule has 0 atom stereocenters. The number of fused-ring (bicyclic) bond motifs is 2. The van der Waals surface area contributed by atoms with Crippen molar-refractivity contribution in [2.24, 2.45) is 0 Å². The number of anilines is 1. The number of esters is 1. The van der Waals surface area contributed by atoms with Gasteiger partial charge in [0.25, 0.3) is 17.0 Å². The van der Waals surface area contributed by atoms with Gasteiger partial charge < -0.3 is 10.1 Å². The van der Waals surface area contributed by atoms with Crippen molar-refractivity contribution in [2.75, 3.05) is 11.9 Å². The minimum atomic E-state index is -0.804. The third kappa shape index (κ3) is 3.96. The van der Waals surface area contributed by atoms with Gasteiger partial charge in [0.05, 0.1) is 10.8 Å². The zero-order chi connectivity index (χ0) is 20.4. The van der Waals surface area contributed by atoms with Crippen LogP contribution in [-0.2, 0) is 33.7 Å².